The molecule has 0 fully saturated rings. The second-order valence-electron chi connectivity index (χ2n) is 11.1. The summed E-state index contributed by atoms with van der Waals surface area (Å²) in [5.41, 5.74) is 2.30. The number of carbonyl (C=O) groups is 3. The standard InChI is InChI=1S/C32H29Cl2N5O4/c1-16(2)38-27-26(36-28(38)21-11-8-18(13-25(21)43-6)29(40)37(4)5)30(41)39(24-15-20(34)9-7-17(24)3)32(27)22-12-10-19(33)14-23(22)35-31(32)42/h7-16H,1-6H3,(H,35,42)/t32-/m1/s1. The Morgan fingerprint density at radius 2 is 1.72 bits per heavy atom. The molecule has 0 radical (unpaired) electrons. The van der Waals surface area contributed by atoms with Crippen molar-refractivity contribution in [3.8, 4) is 17.1 Å². The molecule has 2 aliphatic rings. The number of ether oxygens (including phenoxy) is 1. The molecule has 1 aromatic heterocycles. The van der Waals surface area contributed by atoms with Crippen molar-refractivity contribution in [2.45, 2.75) is 32.4 Å². The predicted molar refractivity (Wildman–Crippen MR) is 166 cm³/mol. The number of anilines is 2. The summed E-state index contributed by atoms with van der Waals surface area (Å²) in [7, 11) is 4.86. The van der Waals surface area contributed by atoms with Crippen molar-refractivity contribution in [3.05, 3.63) is 92.7 Å². The van der Waals surface area contributed by atoms with Gasteiger partial charge in [0, 0.05) is 47.0 Å². The van der Waals surface area contributed by atoms with Gasteiger partial charge < -0.3 is 19.5 Å². The molecule has 0 aliphatic carbocycles. The highest BCUT2D eigenvalue weighted by molar-refractivity contribution is 6.32. The number of fused-ring (bicyclic) bond motifs is 4. The lowest BCUT2D eigenvalue weighted by atomic mass is 9.86. The fraction of sp³-hybridized carbons (Fsp3) is 0.250. The number of hydrogen-bond acceptors (Lipinski definition) is 5. The smallest absolute Gasteiger partial charge is 0.280 e. The van der Waals surface area contributed by atoms with Gasteiger partial charge in [0.15, 0.2) is 11.2 Å². The number of nitrogens with one attached hydrogen (secondary N) is 1. The number of carbonyl (C=O) groups excluding carboxylic acids is 3. The number of imidazole rings is 1. The number of amides is 3. The largest absolute Gasteiger partial charge is 0.496 e. The zero-order valence-electron chi connectivity index (χ0n) is 24.5. The van der Waals surface area contributed by atoms with Gasteiger partial charge in [-0.3, -0.25) is 19.3 Å². The van der Waals surface area contributed by atoms with E-state index in [9.17, 15) is 14.4 Å². The van der Waals surface area contributed by atoms with Gasteiger partial charge in [0.25, 0.3) is 17.7 Å². The van der Waals surface area contributed by atoms with E-state index in [1.165, 1.54) is 16.9 Å². The number of aryl methyl sites for hydroxylation is 1. The van der Waals surface area contributed by atoms with Crippen LogP contribution in [0.1, 0.15) is 57.6 Å². The first-order chi connectivity index (χ1) is 20.4. The molecule has 1 N–H and O–H groups in total. The van der Waals surface area contributed by atoms with Crippen LogP contribution in [0.3, 0.4) is 0 Å². The Balaban J connectivity index is 1.69. The number of methoxy groups -OCH3 is 1. The average Bonchev–Trinajstić information content (AvgIpc) is 3.57. The van der Waals surface area contributed by atoms with Gasteiger partial charge in [-0.1, -0.05) is 35.3 Å². The lowest BCUT2D eigenvalue weighted by Crippen LogP contribution is -2.51. The maximum absolute atomic E-state index is 14.6. The summed E-state index contributed by atoms with van der Waals surface area (Å²) in [6.07, 6.45) is 0. The summed E-state index contributed by atoms with van der Waals surface area (Å²) in [5, 5.41) is 3.85. The Kier molecular flexibility index (Phi) is 6.78. The van der Waals surface area contributed by atoms with Crippen LogP contribution in [0.15, 0.2) is 54.6 Å². The second-order valence-corrected chi connectivity index (χ2v) is 12.0. The van der Waals surface area contributed by atoms with Crippen LogP contribution < -0.4 is 15.0 Å². The Morgan fingerprint density at radius 3 is 2.40 bits per heavy atom. The Hall–Kier alpha value is -4.34. The third-order valence-corrected chi connectivity index (χ3v) is 8.44. The second kappa shape index (κ2) is 10.1. The predicted octanol–water partition coefficient (Wildman–Crippen LogP) is 6.31. The van der Waals surface area contributed by atoms with Crippen LogP contribution in [0.25, 0.3) is 11.4 Å². The van der Waals surface area contributed by atoms with Crippen molar-refractivity contribution in [1.29, 1.82) is 0 Å². The minimum atomic E-state index is -1.61. The number of benzene rings is 3. The van der Waals surface area contributed by atoms with E-state index in [2.05, 4.69) is 5.32 Å². The molecule has 2 aliphatic heterocycles. The molecule has 9 nitrogen and oxygen atoms in total. The van der Waals surface area contributed by atoms with E-state index in [4.69, 9.17) is 32.9 Å². The Labute approximate surface area is 259 Å². The van der Waals surface area contributed by atoms with E-state index in [0.29, 0.717) is 55.4 Å². The van der Waals surface area contributed by atoms with Gasteiger partial charge in [-0.05, 0) is 68.8 Å². The number of nitrogens with zero attached hydrogens (tertiary/aromatic N) is 4. The molecule has 11 heteroatoms. The van der Waals surface area contributed by atoms with Crippen LogP contribution in [0.4, 0.5) is 11.4 Å². The van der Waals surface area contributed by atoms with Gasteiger partial charge in [-0.15, -0.1) is 0 Å². The average molecular weight is 619 g/mol. The molecule has 220 valence electrons. The SMILES string of the molecule is COc1cc(C(=O)N(C)C)ccc1-c1nc2c(n1C(C)C)[C@]1(C(=O)Nc3cc(Cl)ccc31)N(c1cc(Cl)ccc1C)C2=O. The Morgan fingerprint density at radius 1 is 1.02 bits per heavy atom. The fourth-order valence-electron chi connectivity index (χ4n) is 6.09. The van der Waals surface area contributed by atoms with E-state index in [1.807, 2.05) is 31.4 Å². The van der Waals surface area contributed by atoms with Crippen LogP contribution in [0, 0.1) is 6.92 Å². The normalized spacial score (nSPS) is 17.0. The molecular formula is C32H29Cl2N5O4. The van der Waals surface area contributed by atoms with Gasteiger partial charge in [0.1, 0.15) is 11.6 Å². The maximum Gasteiger partial charge on any atom is 0.280 e. The zero-order chi connectivity index (χ0) is 31.0. The summed E-state index contributed by atoms with van der Waals surface area (Å²) in [4.78, 5) is 49.5. The maximum atomic E-state index is 14.6. The zero-order valence-corrected chi connectivity index (χ0v) is 26.0. The third-order valence-electron chi connectivity index (χ3n) is 7.97. The minimum absolute atomic E-state index is 0.136. The van der Waals surface area contributed by atoms with Crippen molar-refractivity contribution >= 4 is 52.3 Å². The van der Waals surface area contributed by atoms with Crippen molar-refractivity contribution in [3.63, 3.8) is 0 Å². The molecule has 1 spiro atoms. The van der Waals surface area contributed by atoms with Gasteiger partial charge in [-0.2, -0.15) is 0 Å². The first-order valence-electron chi connectivity index (χ1n) is 13.7. The van der Waals surface area contributed by atoms with E-state index >= 15 is 0 Å². The molecule has 4 aromatic rings. The van der Waals surface area contributed by atoms with Crippen molar-refractivity contribution in [2.75, 3.05) is 31.4 Å². The van der Waals surface area contributed by atoms with Crippen molar-refractivity contribution < 1.29 is 19.1 Å². The fourth-order valence-corrected chi connectivity index (χ4v) is 6.43. The quantitative estimate of drug-likeness (QED) is 0.283. The molecule has 0 saturated heterocycles. The molecule has 0 unspecified atom stereocenters. The van der Waals surface area contributed by atoms with E-state index < -0.39 is 17.4 Å². The number of rotatable bonds is 5. The highest BCUT2D eigenvalue weighted by atomic mass is 35.5. The molecule has 3 amide bonds. The van der Waals surface area contributed by atoms with Gasteiger partial charge in [0.05, 0.1) is 24.1 Å². The third kappa shape index (κ3) is 4.06. The van der Waals surface area contributed by atoms with Gasteiger partial charge >= 0.3 is 0 Å². The van der Waals surface area contributed by atoms with E-state index in [1.54, 1.807) is 62.6 Å². The summed E-state index contributed by atoms with van der Waals surface area (Å²) >= 11 is 12.8. The van der Waals surface area contributed by atoms with Crippen molar-refractivity contribution in [2.24, 2.45) is 0 Å². The molecular weight excluding hydrogens is 589 g/mol. The first kappa shape index (κ1) is 28.8. The number of halogens is 2. The summed E-state index contributed by atoms with van der Waals surface area (Å²) in [6.45, 7) is 5.79. The van der Waals surface area contributed by atoms with Crippen LogP contribution in [0.5, 0.6) is 5.75 Å². The molecule has 1 atom stereocenters. The summed E-state index contributed by atoms with van der Waals surface area (Å²) < 4.78 is 7.64. The van der Waals surface area contributed by atoms with Gasteiger partial charge in [0.2, 0.25) is 0 Å². The highest BCUT2D eigenvalue weighted by Crippen LogP contribution is 2.55. The highest BCUT2D eigenvalue weighted by Gasteiger charge is 2.64. The summed E-state index contributed by atoms with van der Waals surface area (Å²) in [5.74, 6) is -0.198. The van der Waals surface area contributed by atoms with Crippen LogP contribution in [-0.2, 0) is 10.3 Å². The number of hydrogen-bond donors (Lipinski definition) is 1. The van der Waals surface area contributed by atoms with Crippen LogP contribution in [0.2, 0.25) is 10.0 Å². The number of aromatic nitrogens is 2. The molecule has 3 heterocycles. The Bertz CT molecular complexity index is 1860. The van der Waals surface area contributed by atoms with Gasteiger partial charge in [-0.25, -0.2) is 4.98 Å². The molecule has 43 heavy (non-hydrogen) atoms. The first-order valence-corrected chi connectivity index (χ1v) is 14.4. The summed E-state index contributed by atoms with van der Waals surface area (Å²) in [6, 6.07) is 15.3. The van der Waals surface area contributed by atoms with Crippen LogP contribution >= 0.6 is 23.2 Å². The molecule has 0 bridgehead atoms. The van der Waals surface area contributed by atoms with Crippen LogP contribution in [-0.4, -0.2) is 53.4 Å². The molecule has 3 aromatic carbocycles. The van der Waals surface area contributed by atoms with E-state index in [0.717, 1.165) is 5.56 Å². The monoisotopic (exact) mass is 617 g/mol. The molecule has 6 rings (SSSR count). The molecule has 0 saturated carbocycles. The topological polar surface area (TPSA) is 96.8 Å². The minimum Gasteiger partial charge on any atom is -0.496 e. The lowest BCUT2D eigenvalue weighted by Gasteiger charge is -2.36. The van der Waals surface area contributed by atoms with E-state index in [-0.39, 0.29) is 17.6 Å². The lowest BCUT2D eigenvalue weighted by molar-refractivity contribution is -0.119. The van der Waals surface area contributed by atoms with Crippen molar-refractivity contribution in [1.82, 2.24) is 14.5 Å².